The molecule has 0 aliphatic heterocycles. The molecule has 0 saturated heterocycles. The average molecular weight is 256 g/mol. The van der Waals surface area contributed by atoms with Gasteiger partial charge in [0, 0.05) is 6.08 Å². The summed E-state index contributed by atoms with van der Waals surface area (Å²) >= 11 is 0. The number of hydrogen-bond acceptors (Lipinski definition) is 3. The summed E-state index contributed by atoms with van der Waals surface area (Å²) in [5.74, 6) is -0.405. The summed E-state index contributed by atoms with van der Waals surface area (Å²) in [6.45, 7) is 1.93. The summed E-state index contributed by atoms with van der Waals surface area (Å²) in [7, 11) is 0. The maximum absolute atomic E-state index is 11.6. The lowest BCUT2D eigenvalue weighted by Gasteiger charge is -2.20. The predicted molar refractivity (Wildman–Crippen MR) is 73.3 cm³/mol. The fourth-order valence-electron chi connectivity index (χ4n) is 1.86. The first-order chi connectivity index (χ1) is 9.10. The summed E-state index contributed by atoms with van der Waals surface area (Å²) in [4.78, 5) is 23.2. The van der Waals surface area contributed by atoms with Crippen LogP contribution in [0.1, 0.15) is 18.9 Å². The molecule has 0 radical (unpaired) electrons. The van der Waals surface area contributed by atoms with Crippen LogP contribution in [0.3, 0.4) is 0 Å². The molecular weight excluding hydrogens is 240 g/mol. The maximum Gasteiger partial charge on any atom is 0.330 e. The molecule has 3 nitrogen and oxygen atoms in total. The van der Waals surface area contributed by atoms with Gasteiger partial charge in [0.05, 0.1) is 5.41 Å². The van der Waals surface area contributed by atoms with Crippen molar-refractivity contribution < 1.29 is 14.3 Å². The zero-order chi connectivity index (χ0) is 13.7. The fourth-order valence-corrected chi connectivity index (χ4v) is 1.86. The van der Waals surface area contributed by atoms with Gasteiger partial charge in [0.25, 0.3) is 0 Å². The van der Waals surface area contributed by atoms with Gasteiger partial charge in [-0.05, 0) is 31.1 Å². The van der Waals surface area contributed by atoms with Crippen molar-refractivity contribution in [3.05, 3.63) is 54.1 Å². The summed E-state index contributed by atoms with van der Waals surface area (Å²) in [6, 6.07) is 9.50. The van der Waals surface area contributed by atoms with Gasteiger partial charge < -0.3 is 4.74 Å². The summed E-state index contributed by atoms with van der Waals surface area (Å²) in [6.07, 6.45) is 7.07. The van der Waals surface area contributed by atoms with Gasteiger partial charge in [0.15, 0.2) is 5.78 Å². The molecule has 0 saturated carbocycles. The highest BCUT2D eigenvalue weighted by molar-refractivity contribution is 5.97. The Bertz CT molecular complexity index is 528. The monoisotopic (exact) mass is 256 g/mol. The number of ketones is 1. The van der Waals surface area contributed by atoms with Crippen molar-refractivity contribution >= 4 is 17.8 Å². The summed E-state index contributed by atoms with van der Waals surface area (Å²) in [5, 5.41) is 0. The SMILES string of the molecule is C[C@]1(COC(=O)/C=C/c2ccccc2)CC=CC1=O. The lowest BCUT2D eigenvalue weighted by atomic mass is 9.88. The number of esters is 1. The first-order valence-electron chi connectivity index (χ1n) is 6.21. The number of allylic oxidation sites excluding steroid dienone is 2. The second kappa shape index (κ2) is 5.65. The molecule has 98 valence electrons. The standard InChI is InChI=1S/C16H16O3/c1-16(11-5-8-14(16)17)12-19-15(18)10-9-13-6-3-2-4-7-13/h2-10H,11-12H2,1H3/b10-9+/t16-/m1/s1. The lowest BCUT2D eigenvalue weighted by Crippen LogP contribution is -2.29. The van der Waals surface area contributed by atoms with E-state index in [0.717, 1.165) is 5.56 Å². The van der Waals surface area contributed by atoms with E-state index in [1.807, 2.05) is 43.3 Å². The highest BCUT2D eigenvalue weighted by atomic mass is 16.5. The van der Waals surface area contributed by atoms with E-state index in [2.05, 4.69) is 0 Å². The highest BCUT2D eigenvalue weighted by Crippen LogP contribution is 2.29. The fraction of sp³-hybridized carbons (Fsp3) is 0.250. The molecule has 3 heteroatoms. The summed E-state index contributed by atoms with van der Waals surface area (Å²) in [5.41, 5.74) is 0.347. The Kier molecular flexibility index (Phi) is 3.95. The summed E-state index contributed by atoms with van der Waals surface area (Å²) < 4.78 is 5.13. The van der Waals surface area contributed by atoms with E-state index in [-0.39, 0.29) is 12.4 Å². The van der Waals surface area contributed by atoms with Gasteiger partial charge in [0.1, 0.15) is 6.61 Å². The van der Waals surface area contributed by atoms with Gasteiger partial charge in [-0.25, -0.2) is 4.79 Å². The van der Waals surface area contributed by atoms with Crippen molar-refractivity contribution in [3.63, 3.8) is 0 Å². The van der Waals surface area contributed by atoms with E-state index in [1.165, 1.54) is 6.08 Å². The van der Waals surface area contributed by atoms with Crippen LogP contribution in [-0.4, -0.2) is 18.4 Å². The van der Waals surface area contributed by atoms with E-state index in [0.29, 0.717) is 6.42 Å². The molecule has 0 heterocycles. The van der Waals surface area contributed by atoms with Crippen molar-refractivity contribution in [2.24, 2.45) is 5.41 Å². The molecule has 0 amide bonds. The van der Waals surface area contributed by atoms with Crippen molar-refractivity contribution in [1.29, 1.82) is 0 Å². The van der Waals surface area contributed by atoms with Crippen molar-refractivity contribution in [3.8, 4) is 0 Å². The molecule has 2 rings (SSSR count). The van der Waals surface area contributed by atoms with E-state index in [4.69, 9.17) is 4.74 Å². The number of hydrogen-bond donors (Lipinski definition) is 0. The minimum absolute atomic E-state index is 0.0207. The molecule has 0 bridgehead atoms. The molecule has 1 aromatic carbocycles. The van der Waals surface area contributed by atoms with E-state index in [9.17, 15) is 9.59 Å². The van der Waals surface area contributed by atoms with Crippen LogP contribution in [0.4, 0.5) is 0 Å². The molecule has 1 atom stereocenters. The molecule has 0 unspecified atom stereocenters. The molecule has 1 aliphatic rings. The van der Waals surface area contributed by atoms with Crippen LogP contribution in [0.15, 0.2) is 48.6 Å². The third-order valence-electron chi connectivity index (χ3n) is 3.18. The smallest absolute Gasteiger partial charge is 0.330 e. The number of ether oxygens (including phenoxy) is 1. The molecular formula is C16H16O3. The third kappa shape index (κ3) is 3.41. The van der Waals surface area contributed by atoms with Crippen LogP contribution in [0, 0.1) is 5.41 Å². The Labute approximate surface area is 112 Å². The van der Waals surface area contributed by atoms with Crippen LogP contribution in [0.5, 0.6) is 0 Å². The number of carbonyl (C=O) groups is 2. The zero-order valence-electron chi connectivity index (χ0n) is 10.8. The van der Waals surface area contributed by atoms with Gasteiger partial charge in [-0.1, -0.05) is 36.4 Å². The highest BCUT2D eigenvalue weighted by Gasteiger charge is 2.35. The average Bonchev–Trinajstić information content (AvgIpc) is 2.76. The molecule has 19 heavy (non-hydrogen) atoms. The van der Waals surface area contributed by atoms with Gasteiger partial charge in [-0.3, -0.25) is 4.79 Å². The second-order valence-electron chi connectivity index (χ2n) is 4.88. The van der Waals surface area contributed by atoms with Crippen molar-refractivity contribution in [2.75, 3.05) is 6.61 Å². The first kappa shape index (κ1) is 13.3. The Morgan fingerprint density at radius 1 is 1.37 bits per heavy atom. The Morgan fingerprint density at radius 2 is 2.11 bits per heavy atom. The van der Waals surface area contributed by atoms with Crippen LogP contribution in [-0.2, 0) is 14.3 Å². The Morgan fingerprint density at radius 3 is 2.74 bits per heavy atom. The minimum Gasteiger partial charge on any atom is -0.461 e. The minimum atomic E-state index is -0.587. The van der Waals surface area contributed by atoms with E-state index < -0.39 is 11.4 Å². The Balaban J connectivity index is 1.86. The van der Waals surface area contributed by atoms with Gasteiger partial charge >= 0.3 is 5.97 Å². The van der Waals surface area contributed by atoms with Crippen LogP contribution >= 0.6 is 0 Å². The molecule has 0 fully saturated rings. The Hall–Kier alpha value is -2.16. The van der Waals surface area contributed by atoms with Gasteiger partial charge in [-0.15, -0.1) is 0 Å². The third-order valence-corrected chi connectivity index (χ3v) is 3.18. The van der Waals surface area contributed by atoms with E-state index in [1.54, 1.807) is 12.2 Å². The number of rotatable bonds is 4. The van der Waals surface area contributed by atoms with E-state index >= 15 is 0 Å². The van der Waals surface area contributed by atoms with Crippen LogP contribution in [0.2, 0.25) is 0 Å². The topological polar surface area (TPSA) is 43.4 Å². The number of benzene rings is 1. The lowest BCUT2D eigenvalue weighted by molar-refractivity contribution is -0.143. The van der Waals surface area contributed by atoms with Gasteiger partial charge in [0.2, 0.25) is 0 Å². The van der Waals surface area contributed by atoms with Crippen molar-refractivity contribution in [2.45, 2.75) is 13.3 Å². The molecule has 1 aliphatic carbocycles. The quantitative estimate of drug-likeness (QED) is 0.614. The van der Waals surface area contributed by atoms with Crippen LogP contribution in [0.25, 0.3) is 6.08 Å². The van der Waals surface area contributed by atoms with Crippen molar-refractivity contribution in [1.82, 2.24) is 0 Å². The normalized spacial score (nSPS) is 22.1. The molecule has 0 aromatic heterocycles. The molecule has 1 aromatic rings. The number of carbonyl (C=O) groups excluding carboxylic acids is 2. The second-order valence-corrected chi connectivity index (χ2v) is 4.88. The first-order valence-corrected chi connectivity index (χ1v) is 6.21. The molecule has 0 spiro atoms. The molecule has 0 N–H and O–H groups in total. The maximum atomic E-state index is 11.6. The van der Waals surface area contributed by atoms with Gasteiger partial charge in [-0.2, -0.15) is 0 Å². The largest absolute Gasteiger partial charge is 0.461 e. The zero-order valence-corrected chi connectivity index (χ0v) is 10.8. The predicted octanol–water partition coefficient (Wildman–Crippen LogP) is 2.78. The van der Waals surface area contributed by atoms with Crippen LogP contribution < -0.4 is 0 Å².